The minimum absolute atomic E-state index is 0.231. The van der Waals surface area contributed by atoms with Crippen LogP contribution in [0.15, 0.2) is 41.5 Å². The number of guanidine groups is 1. The molecule has 2 aliphatic heterocycles. The van der Waals surface area contributed by atoms with E-state index in [0.29, 0.717) is 6.54 Å². The normalized spacial score (nSPS) is 20.3. The van der Waals surface area contributed by atoms with E-state index in [-0.39, 0.29) is 5.54 Å². The summed E-state index contributed by atoms with van der Waals surface area (Å²) in [6.45, 7) is 6.43. The summed E-state index contributed by atoms with van der Waals surface area (Å²) in [5.41, 5.74) is 2.43. The van der Waals surface area contributed by atoms with Crippen molar-refractivity contribution in [3.8, 4) is 11.3 Å². The van der Waals surface area contributed by atoms with E-state index in [2.05, 4.69) is 73.3 Å². The second-order valence-electron chi connectivity index (χ2n) is 9.44. The third-order valence-corrected chi connectivity index (χ3v) is 7.19. The zero-order valence-corrected chi connectivity index (χ0v) is 20.0. The monoisotopic (exact) mass is 437 g/mol. The van der Waals surface area contributed by atoms with Crippen molar-refractivity contribution in [2.45, 2.75) is 44.2 Å². The molecule has 0 radical (unpaired) electrons. The Kier molecular flexibility index (Phi) is 7.48. The van der Waals surface area contributed by atoms with Crippen LogP contribution in [0.4, 0.5) is 0 Å². The SMILES string of the molecule is CN=C(NCC1(N2CCCCC2)CCN(C)CC1)N(C)Cc1ncc(-c2ccccc2)[nH]1. The number of rotatable bonds is 6. The Hall–Kier alpha value is -2.38. The van der Waals surface area contributed by atoms with E-state index in [9.17, 15) is 0 Å². The van der Waals surface area contributed by atoms with Gasteiger partial charge in [-0.1, -0.05) is 36.8 Å². The molecule has 1 aromatic carbocycles. The van der Waals surface area contributed by atoms with Crippen LogP contribution >= 0.6 is 0 Å². The number of aliphatic imine (C=N–C) groups is 1. The molecular formula is C25H39N7. The van der Waals surface area contributed by atoms with Crippen LogP contribution in [0.25, 0.3) is 11.3 Å². The molecule has 0 spiro atoms. The molecule has 2 aromatic rings. The van der Waals surface area contributed by atoms with Gasteiger partial charge in [-0.15, -0.1) is 0 Å². The molecule has 0 aliphatic carbocycles. The fourth-order valence-corrected chi connectivity index (χ4v) is 5.14. The summed E-state index contributed by atoms with van der Waals surface area (Å²) in [6.07, 6.45) is 8.38. The van der Waals surface area contributed by atoms with Gasteiger partial charge in [0.2, 0.25) is 0 Å². The van der Waals surface area contributed by atoms with Crippen molar-refractivity contribution < 1.29 is 0 Å². The molecule has 0 amide bonds. The summed E-state index contributed by atoms with van der Waals surface area (Å²) in [6, 6.07) is 10.3. The summed E-state index contributed by atoms with van der Waals surface area (Å²) >= 11 is 0. The number of likely N-dealkylation sites (tertiary alicyclic amines) is 2. The van der Waals surface area contributed by atoms with Gasteiger partial charge in [-0.3, -0.25) is 9.89 Å². The third kappa shape index (κ3) is 5.33. The lowest BCUT2D eigenvalue weighted by atomic mass is 9.84. The number of hydrogen-bond acceptors (Lipinski definition) is 4. The summed E-state index contributed by atoms with van der Waals surface area (Å²) in [5, 5.41) is 3.72. The zero-order valence-electron chi connectivity index (χ0n) is 20.0. The van der Waals surface area contributed by atoms with Gasteiger partial charge >= 0.3 is 0 Å². The summed E-state index contributed by atoms with van der Waals surface area (Å²) < 4.78 is 0. The van der Waals surface area contributed by atoms with Gasteiger partial charge in [0.05, 0.1) is 18.4 Å². The molecule has 1 aromatic heterocycles. The van der Waals surface area contributed by atoms with Gasteiger partial charge < -0.3 is 20.1 Å². The Bertz CT molecular complexity index is 861. The van der Waals surface area contributed by atoms with Crippen LogP contribution in [0.2, 0.25) is 0 Å². The maximum atomic E-state index is 4.60. The smallest absolute Gasteiger partial charge is 0.193 e. The van der Waals surface area contributed by atoms with Gasteiger partial charge in [0.1, 0.15) is 5.82 Å². The first kappa shape index (κ1) is 22.8. The molecule has 174 valence electrons. The van der Waals surface area contributed by atoms with E-state index in [4.69, 9.17) is 0 Å². The second kappa shape index (κ2) is 10.5. The lowest BCUT2D eigenvalue weighted by molar-refractivity contribution is 0.0170. The highest BCUT2D eigenvalue weighted by Gasteiger charge is 2.39. The largest absolute Gasteiger partial charge is 0.354 e. The maximum absolute atomic E-state index is 4.60. The highest BCUT2D eigenvalue weighted by atomic mass is 15.3. The van der Waals surface area contributed by atoms with Gasteiger partial charge in [-0.2, -0.15) is 0 Å². The van der Waals surface area contributed by atoms with E-state index in [1.807, 2.05) is 19.3 Å². The molecule has 7 nitrogen and oxygen atoms in total. The van der Waals surface area contributed by atoms with Crippen LogP contribution in [-0.2, 0) is 6.54 Å². The van der Waals surface area contributed by atoms with E-state index < -0.39 is 0 Å². The quantitative estimate of drug-likeness (QED) is 0.537. The predicted octanol–water partition coefficient (Wildman–Crippen LogP) is 3.03. The number of H-pyrrole nitrogens is 1. The Balaban J connectivity index is 1.39. The van der Waals surface area contributed by atoms with Gasteiger partial charge in [-0.25, -0.2) is 4.98 Å². The van der Waals surface area contributed by atoms with Crippen molar-refractivity contribution in [3.63, 3.8) is 0 Å². The Morgan fingerprint density at radius 2 is 1.84 bits per heavy atom. The van der Waals surface area contributed by atoms with Crippen LogP contribution in [0, 0.1) is 0 Å². The molecule has 32 heavy (non-hydrogen) atoms. The lowest BCUT2D eigenvalue weighted by Gasteiger charge is -2.50. The average molecular weight is 438 g/mol. The van der Waals surface area contributed by atoms with Crippen LogP contribution in [0.5, 0.6) is 0 Å². The highest BCUT2D eigenvalue weighted by Crippen LogP contribution is 2.31. The Morgan fingerprint density at radius 3 is 2.53 bits per heavy atom. The molecule has 2 fully saturated rings. The van der Waals surface area contributed by atoms with E-state index in [1.165, 1.54) is 58.3 Å². The minimum atomic E-state index is 0.231. The minimum Gasteiger partial charge on any atom is -0.354 e. The van der Waals surface area contributed by atoms with E-state index in [1.54, 1.807) is 0 Å². The molecule has 4 rings (SSSR count). The standard InChI is InChI=1S/C25H39N7/c1-26-24(31(3)19-23-27-18-22(29-23)21-10-6-4-7-11-21)28-20-25(12-16-30(2)17-13-25)32-14-8-5-9-15-32/h4,6-7,10-11,18H,5,8-9,12-17,19-20H2,1-3H3,(H,26,28)(H,27,29). The highest BCUT2D eigenvalue weighted by molar-refractivity contribution is 5.79. The molecule has 0 saturated carbocycles. The number of imidazole rings is 1. The number of hydrogen-bond donors (Lipinski definition) is 2. The lowest BCUT2D eigenvalue weighted by Crippen LogP contribution is -2.62. The first-order chi connectivity index (χ1) is 15.6. The van der Waals surface area contributed by atoms with Gasteiger partial charge in [0, 0.05) is 26.2 Å². The van der Waals surface area contributed by atoms with Crippen molar-refractivity contribution >= 4 is 5.96 Å². The van der Waals surface area contributed by atoms with E-state index in [0.717, 1.165) is 29.6 Å². The first-order valence-corrected chi connectivity index (χ1v) is 12.0. The van der Waals surface area contributed by atoms with E-state index >= 15 is 0 Å². The fourth-order valence-electron chi connectivity index (χ4n) is 5.14. The Morgan fingerprint density at radius 1 is 1.12 bits per heavy atom. The summed E-state index contributed by atoms with van der Waals surface area (Å²) in [7, 11) is 6.20. The van der Waals surface area contributed by atoms with Crippen LogP contribution in [0.1, 0.15) is 37.9 Å². The predicted molar refractivity (Wildman–Crippen MR) is 132 cm³/mol. The first-order valence-electron chi connectivity index (χ1n) is 12.0. The van der Waals surface area contributed by atoms with Crippen LogP contribution in [0.3, 0.4) is 0 Å². The number of aromatic amines is 1. The van der Waals surface area contributed by atoms with Crippen molar-refractivity contribution in [3.05, 3.63) is 42.4 Å². The number of nitrogens with one attached hydrogen (secondary N) is 2. The molecule has 2 saturated heterocycles. The topological polar surface area (TPSA) is 62.8 Å². The molecule has 3 heterocycles. The molecule has 0 atom stereocenters. The third-order valence-electron chi connectivity index (χ3n) is 7.19. The molecule has 0 bridgehead atoms. The van der Waals surface area contributed by atoms with Crippen LogP contribution in [-0.4, -0.2) is 90.0 Å². The number of aromatic nitrogens is 2. The molecule has 7 heteroatoms. The van der Waals surface area contributed by atoms with Gasteiger partial charge in [-0.05, 0) is 64.5 Å². The van der Waals surface area contributed by atoms with Crippen molar-refractivity contribution in [1.82, 2.24) is 30.0 Å². The fraction of sp³-hybridized carbons (Fsp3) is 0.600. The van der Waals surface area contributed by atoms with Crippen molar-refractivity contribution in [2.75, 3.05) is 53.9 Å². The maximum Gasteiger partial charge on any atom is 0.193 e. The molecule has 0 unspecified atom stereocenters. The molecule has 2 N–H and O–H groups in total. The zero-order chi connectivity index (χ0) is 22.4. The summed E-state index contributed by atoms with van der Waals surface area (Å²) in [5.74, 6) is 1.87. The number of benzene rings is 1. The van der Waals surface area contributed by atoms with Gasteiger partial charge in [0.15, 0.2) is 5.96 Å². The molecular weight excluding hydrogens is 398 g/mol. The number of piperidine rings is 2. The van der Waals surface area contributed by atoms with Crippen molar-refractivity contribution in [1.29, 1.82) is 0 Å². The van der Waals surface area contributed by atoms with Crippen LogP contribution < -0.4 is 5.32 Å². The van der Waals surface area contributed by atoms with Gasteiger partial charge in [0.25, 0.3) is 0 Å². The average Bonchev–Trinajstić information content (AvgIpc) is 3.30. The second-order valence-corrected chi connectivity index (χ2v) is 9.44. The summed E-state index contributed by atoms with van der Waals surface area (Å²) in [4.78, 5) is 20.0. The number of nitrogens with zero attached hydrogens (tertiary/aromatic N) is 5. The molecule has 2 aliphatic rings. The van der Waals surface area contributed by atoms with Crippen molar-refractivity contribution in [2.24, 2.45) is 4.99 Å². The Labute approximate surface area is 192 Å².